The molecule has 1 aromatic carbocycles. The Labute approximate surface area is 127 Å². The summed E-state index contributed by atoms with van der Waals surface area (Å²) >= 11 is 3.18. The summed E-state index contributed by atoms with van der Waals surface area (Å²) in [5.41, 5.74) is -0.858. The summed E-state index contributed by atoms with van der Waals surface area (Å²) in [6.45, 7) is 0. The zero-order valence-electron chi connectivity index (χ0n) is 10.9. The van der Waals surface area contributed by atoms with Crippen molar-refractivity contribution in [2.24, 2.45) is 0 Å². The molecule has 1 N–H and O–H groups in total. The molecule has 0 bridgehead atoms. The second-order valence-electron chi connectivity index (χ2n) is 4.32. The van der Waals surface area contributed by atoms with E-state index in [2.05, 4.69) is 26.2 Å². The number of nitrogens with one attached hydrogen (secondary N) is 1. The number of hydrogen-bond acceptors (Lipinski definition) is 2. The number of hydrogen-bond donors (Lipinski definition) is 1. The fourth-order valence-electron chi connectivity index (χ4n) is 2.14. The van der Waals surface area contributed by atoms with Gasteiger partial charge in [-0.1, -0.05) is 22.0 Å². The normalized spacial score (nSPS) is 13.2. The maximum Gasteiger partial charge on any atom is 0.416 e. The van der Waals surface area contributed by atoms with Gasteiger partial charge in [0.2, 0.25) is 0 Å². The fourth-order valence-corrected chi connectivity index (χ4v) is 2.71. The molecule has 21 heavy (non-hydrogen) atoms. The first-order chi connectivity index (χ1) is 9.86. The Balaban J connectivity index is 2.63. The second-order valence-corrected chi connectivity index (χ2v) is 5.17. The van der Waals surface area contributed by atoms with E-state index in [-0.39, 0.29) is 11.1 Å². The lowest BCUT2D eigenvalue weighted by Gasteiger charge is -2.22. The van der Waals surface area contributed by atoms with Crippen molar-refractivity contribution < 1.29 is 17.6 Å². The highest BCUT2D eigenvalue weighted by molar-refractivity contribution is 9.10. The van der Waals surface area contributed by atoms with Crippen molar-refractivity contribution in [3.63, 3.8) is 0 Å². The Kier molecular flexibility index (Phi) is 4.63. The molecule has 0 radical (unpaired) electrons. The van der Waals surface area contributed by atoms with Crippen LogP contribution in [0.3, 0.4) is 0 Å². The summed E-state index contributed by atoms with van der Waals surface area (Å²) in [6.07, 6.45) is -2.37. The monoisotopic (exact) mass is 362 g/mol. The van der Waals surface area contributed by atoms with Gasteiger partial charge in [0.1, 0.15) is 5.82 Å². The van der Waals surface area contributed by atoms with Crippen molar-refractivity contribution in [1.82, 2.24) is 10.3 Å². The third-order valence-corrected chi connectivity index (χ3v) is 3.74. The molecule has 0 fully saturated rings. The van der Waals surface area contributed by atoms with E-state index in [4.69, 9.17) is 0 Å². The number of aromatic nitrogens is 1. The Bertz CT molecular complexity index is 623. The van der Waals surface area contributed by atoms with Gasteiger partial charge in [0.15, 0.2) is 0 Å². The van der Waals surface area contributed by atoms with Crippen molar-refractivity contribution in [2.75, 3.05) is 7.05 Å². The zero-order valence-corrected chi connectivity index (χ0v) is 12.5. The van der Waals surface area contributed by atoms with E-state index in [1.807, 2.05) is 0 Å². The minimum absolute atomic E-state index is 0.110. The van der Waals surface area contributed by atoms with Crippen molar-refractivity contribution in [3.8, 4) is 0 Å². The lowest BCUT2D eigenvalue weighted by molar-refractivity contribution is -0.138. The molecule has 0 aliphatic rings. The first kappa shape index (κ1) is 15.9. The quantitative estimate of drug-likeness (QED) is 0.823. The van der Waals surface area contributed by atoms with Crippen LogP contribution in [0.2, 0.25) is 0 Å². The predicted octanol–water partition coefficient (Wildman–Crippen LogP) is 4.31. The molecule has 0 saturated carbocycles. The van der Waals surface area contributed by atoms with Crippen molar-refractivity contribution >= 4 is 15.9 Å². The van der Waals surface area contributed by atoms with Gasteiger partial charge >= 0.3 is 6.18 Å². The van der Waals surface area contributed by atoms with Gasteiger partial charge in [-0.2, -0.15) is 13.2 Å². The minimum atomic E-state index is -4.54. The first-order valence-corrected chi connectivity index (χ1v) is 6.78. The largest absolute Gasteiger partial charge is 0.416 e. The van der Waals surface area contributed by atoms with Gasteiger partial charge in [-0.25, -0.2) is 4.39 Å². The van der Waals surface area contributed by atoms with Crippen LogP contribution in [0, 0.1) is 5.82 Å². The molecule has 0 saturated heterocycles. The van der Waals surface area contributed by atoms with Gasteiger partial charge in [0, 0.05) is 28.0 Å². The smallest absolute Gasteiger partial charge is 0.309 e. The maximum atomic E-state index is 14.0. The van der Waals surface area contributed by atoms with Crippen LogP contribution >= 0.6 is 15.9 Å². The number of nitrogens with zero attached hydrogens (tertiary/aromatic N) is 1. The molecule has 1 unspecified atom stereocenters. The average molecular weight is 363 g/mol. The van der Waals surface area contributed by atoms with Crippen LogP contribution in [0.5, 0.6) is 0 Å². The van der Waals surface area contributed by atoms with E-state index in [0.717, 1.165) is 18.5 Å². The standard InChI is InChI=1S/C14H11BrF4N2/c1-20-13(12-10(15)3-2-4-11(12)16)8-7-21-6-5-9(8)14(17,18)19/h2-7,13,20H,1H3. The van der Waals surface area contributed by atoms with Crippen molar-refractivity contribution in [1.29, 1.82) is 0 Å². The minimum Gasteiger partial charge on any atom is -0.309 e. The topological polar surface area (TPSA) is 24.9 Å². The summed E-state index contributed by atoms with van der Waals surface area (Å²) < 4.78 is 53.7. The van der Waals surface area contributed by atoms with E-state index < -0.39 is 23.6 Å². The molecule has 2 aromatic rings. The van der Waals surface area contributed by atoms with Gasteiger partial charge in [0.05, 0.1) is 11.6 Å². The number of rotatable bonds is 3. The zero-order chi connectivity index (χ0) is 15.6. The van der Waals surface area contributed by atoms with E-state index in [1.54, 1.807) is 6.07 Å². The molecular formula is C14H11BrF4N2. The summed E-state index contributed by atoms with van der Waals surface area (Å²) in [7, 11) is 1.47. The van der Waals surface area contributed by atoms with Gasteiger partial charge in [0.25, 0.3) is 0 Å². The van der Waals surface area contributed by atoms with Crippen LogP contribution in [0.1, 0.15) is 22.7 Å². The third kappa shape index (κ3) is 3.24. The molecule has 0 spiro atoms. The molecule has 112 valence electrons. The molecule has 0 amide bonds. The number of benzene rings is 1. The molecular weight excluding hydrogens is 352 g/mol. The Morgan fingerprint density at radius 1 is 1.24 bits per heavy atom. The molecule has 2 rings (SSSR count). The highest BCUT2D eigenvalue weighted by atomic mass is 79.9. The van der Waals surface area contributed by atoms with Gasteiger partial charge in [-0.3, -0.25) is 4.98 Å². The average Bonchev–Trinajstić information content (AvgIpc) is 2.42. The van der Waals surface area contributed by atoms with Crippen LogP contribution in [0.25, 0.3) is 0 Å². The summed E-state index contributed by atoms with van der Waals surface area (Å²) in [6, 6.07) is 4.17. The van der Waals surface area contributed by atoms with Crippen molar-refractivity contribution in [3.05, 3.63) is 63.6 Å². The Morgan fingerprint density at radius 3 is 2.52 bits per heavy atom. The molecule has 2 nitrogen and oxygen atoms in total. The van der Waals surface area contributed by atoms with Gasteiger partial charge in [-0.15, -0.1) is 0 Å². The molecule has 1 atom stereocenters. The van der Waals surface area contributed by atoms with Gasteiger partial charge < -0.3 is 5.32 Å². The van der Waals surface area contributed by atoms with Crippen LogP contribution in [-0.4, -0.2) is 12.0 Å². The van der Waals surface area contributed by atoms with E-state index >= 15 is 0 Å². The first-order valence-electron chi connectivity index (χ1n) is 5.98. The summed E-state index contributed by atoms with van der Waals surface area (Å²) in [5.74, 6) is -0.597. The van der Waals surface area contributed by atoms with E-state index in [1.165, 1.54) is 19.2 Å². The fraction of sp³-hybridized carbons (Fsp3) is 0.214. The lowest BCUT2D eigenvalue weighted by atomic mass is 9.95. The molecule has 1 aromatic heterocycles. The maximum absolute atomic E-state index is 14.0. The van der Waals surface area contributed by atoms with Crippen LogP contribution in [-0.2, 0) is 6.18 Å². The van der Waals surface area contributed by atoms with E-state index in [0.29, 0.717) is 4.47 Å². The number of alkyl halides is 3. The Morgan fingerprint density at radius 2 is 1.95 bits per heavy atom. The third-order valence-electron chi connectivity index (χ3n) is 3.05. The molecule has 0 aliphatic carbocycles. The highest BCUT2D eigenvalue weighted by Crippen LogP contribution is 2.38. The lowest BCUT2D eigenvalue weighted by Crippen LogP contribution is -2.23. The highest BCUT2D eigenvalue weighted by Gasteiger charge is 2.36. The Hall–Kier alpha value is -1.47. The van der Waals surface area contributed by atoms with Crippen LogP contribution < -0.4 is 5.32 Å². The summed E-state index contributed by atoms with van der Waals surface area (Å²) in [5, 5.41) is 2.72. The molecule has 7 heteroatoms. The van der Waals surface area contributed by atoms with Gasteiger partial charge in [-0.05, 0) is 25.2 Å². The number of halogens is 5. The predicted molar refractivity (Wildman–Crippen MR) is 74.2 cm³/mol. The SMILES string of the molecule is CNC(c1cnccc1C(F)(F)F)c1c(F)cccc1Br. The van der Waals surface area contributed by atoms with Crippen LogP contribution in [0.15, 0.2) is 41.1 Å². The number of pyridine rings is 1. The van der Waals surface area contributed by atoms with E-state index in [9.17, 15) is 17.6 Å². The van der Waals surface area contributed by atoms with Crippen molar-refractivity contribution in [2.45, 2.75) is 12.2 Å². The second kappa shape index (κ2) is 6.11. The molecule has 1 heterocycles. The van der Waals surface area contributed by atoms with Crippen LogP contribution in [0.4, 0.5) is 17.6 Å². The summed E-state index contributed by atoms with van der Waals surface area (Å²) in [4.78, 5) is 3.73. The molecule has 0 aliphatic heterocycles.